The molecule has 0 radical (unpaired) electrons. The van der Waals surface area contributed by atoms with Gasteiger partial charge in [-0.05, 0) is 20.8 Å². The summed E-state index contributed by atoms with van der Waals surface area (Å²) in [4.78, 5) is 13.4. The number of hydrogen-bond donors (Lipinski definition) is 1. The molecule has 1 aliphatic rings. The van der Waals surface area contributed by atoms with Gasteiger partial charge in [-0.15, -0.1) is 0 Å². The Morgan fingerprint density at radius 3 is 2.85 bits per heavy atom. The molecule has 0 unspecified atom stereocenters. The monoisotopic (exact) mass is 184 g/mol. The summed E-state index contributed by atoms with van der Waals surface area (Å²) in [6, 6.07) is 0.963. The minimum atomic E-state index is 0.281. The van der Waals surface area contributed by atoms with Crippen molar-refractivity contribution in [3.8, 4) is 0 Å². The molecule has 0 aromatic carbocycles. The summed E-state index contributed by atoms with van der Waals surface area (Å²) in [5.74, 6) is 0.281. The summed E-state index contributed by atoms with van der Waals surface area (Å²) < 4.78 is 0. The van der Waals surface area contributed by atoms with Crippen molar-refractivity contribution >= 4 is 5.78 Å². The molecule has 1 N–H and O–H groups in total. The highest BCUT2D eigenvalue weighted by Crippen LogP contribution is 2.06. The SMILES string of the molecule is CC(=O)C[C@@H]1CN(C(C)C)CCN1. The van der Waals surface area contributed by atoms with E-state index in [1.54, 1.807) is 6.92 Å². The average molecular weight is 184 g/mol. The molecule has 0 saturated carbocycles. The predicted octanol–water partition coefficient (Wildman–Crippen LogP) is 0.648. The molecule has 1 rings (SSSR count). The average Bonchev–Trinajstić information content (AvgIpc) is 2.03. The van der Waals surface area contributed by atoms with E-state index in [1.807, 2.05) is 0 Å². The summed E-state index contributed by atoms with van der Waals surface area (Å²) in [6.07, 6.45) is 0.670. The number of carbonyl (C=O) groups excluding carboxylic acids is 1. The van der Waals surface area contributed by atoms with E-state index in [0.29, 0.717) is 18.5 Å². The number of ketones is 1. The standard InChI is InChI=1S/C10H20N2O/c1-8(2)12-5-4-11-10(7-12)6-9(3)13/h8,10-11H,4-7H2,1-3H3/t10-/m1/s1. The van der Waals surface area contributed by atoms with Crippen molar-refractivity contribution in [3.63, 3.8) is 0 Å². The van der Waals surface area contributed by atoms with Gasteiger partial charge in [0.1, 0.15) is 5.78 Å². The van der Waals surface area contributed by atoms with Gasteiger partial charge in [0.2, 0.25) is 0 Å². The lowest BCUT2D eigenvalue weighted by Crippen LogP contribution is -2.53. The van der Waals surface area contributed by atoms with Gasteiger partial charge in [0, 0.05) is 38.1 Å². The van der Waals surface area contributed by atoms with Gasteiger partial charge in [0.05, 0.1) is 0 Å². The molecule has 0 aromatic rings. The van der Waals surface area contributed by atoms with E-state index in [2.05, 4.69) is 24.1 Å². The Labute approximate surface area is 80.5 Å². The van der Waals surface area contributed by atoms with Crippen molar-refractivity contribution in [1.82, 2.24) is 10.2 Å². The third kappa shape index (κ3) is 3.44. The molecular weight excluding hydrogens is 164 g/mol. The molecule has 0 aliphatic carbocycles. The molecule has 0 amide bonds. The minimum absolute atomic E-state index is 0.281. The van der Waals surface area contributed by atoms with E-state index in [-0.39, 0.29) is 5.78 Å². The molecule has 13 heavy (non-hydrogen) atoms. The molecule has 1 aliphatic heterocycles. The van der Waals surface area contributed by atoms with Crippen molar-refractivity contribution in [3.05, 3.63) is 0 Å². The topological polar surface area (TPSA) is 32.3 Å². The van der Waals surface area contributed by atoms with Crippen LogP contribution in [-0.2, 0) is 4.79 Å². The Balaban J connectivity index is 2.37. The van der Waals surface area contributed by atoms with E-state index in [4.69, 9.17) is 0 Å². The number of carbonyl (C=O) groups is 1. The van der Waals surface area contributed by atoms with Crippen LogP contribution in [0.1, 0.15) is 27.2 Å². The van der Waals surface area contributed by atoms with Crippen LogP contribution in [0.15, 0.2) is 0 Å². The van der Waals surface area contributed by atoms with Crippen LogP contribution in [0, 0.1) is 0 Å². The Bertz CT molecular complexity index is 180. The number of Topliss-reactive ketones (excluding diaryl/α,β-unsaturated/α-hetero) is 1. The van der Waals surface area contributed by atoms with E-state index < -0.39 is 0 Å². The van der Waals surface area contributed by atoms with Gasteiger partial charge < -0.3 is 5.32 Å². The Kier molecular flexibility index (Phi) is 3.88. The second-order valence-electron chi connectivity index (χ2n) is 4.15. The first-order valence-corrected chi connectivity index (χ1v) is 5.06. The molecule has 1 fully saturated rings. The zero-order valence-electron chi connectivity index (χ0n) is 8.84. The fraction of sp³-hybridized carbons (Fsp3) is 0.900. The fourth-order valence-electron chi connectivity index (χ4n) is 1.80. The quantitative estimate of drug-likeness (QED) is 0.699. The smallest absolute Gasteiger partial charge is 0.131 e. The second kappa shape index (κ2) is 4.72. The molecule has 3 nitrogen and oxygen atoms in total. The van der Waals surface area contributed by atoms with Gasteiger partial charge in [-0.25, -0.2) is 0 Å². The summed E-state index contributed by atoms with van der Waals surface area (Å²) in [7, 11) is 0. The number of nitrogens with zero attached hydrogens (tertiary/aromatic N) is 1. The van der Waals surface area contributed by atoms with Crippen LogP contribution in [0.2, 0.25) is 0 Å². The first-order chi connectivity index (χ1) is 6.09. The third-order valence-electron chi connectivity index (χ3n) is 2.55. The zero-order valence-corrected chi connectivity index (χ0v) is 8.84. The highest BCUT2D eigenvalue weighted by Gasteiger charge is 2.21. The number of nitrogens with one attached hydrogen (secondary N) is 1. The minimum Gasteiger partial charge on any atom is -0.311 e. The first kappa shape index (κ1) is 10.7. The third-order valence-corrected chi connectivity index (χ3v) is 2.55. The molecule has 0 aromatic heterocycles. The van der Waals surface area contributed by atoms with E-state index >= 15 is 0 Å². The van der Waals surface area contributed by atoms with Crippen LogP contribution in [0.4, 0.5) is 0 Å². The van der Waals surface area contributed by atoms with Crippen LogP contribution in [-0.4, -0.2) is 42.4 Å². The van der Waals surface area contributed by atoms with Gasteiger partial charge in [0.15, 0.2) is 0 Å². The Morgan fingerprint density at radius 1 is 1.62 bits per heavy atom. The van der Waals surface area contributed by atoms with Crippen molar-refractivity contribution in [1.29, 1.82) is 0 Å². The predicted molar refractivity (Wildman–Crippen MR) is 53.8 cm³/mol. The molecule has 0 bridgehead atoms. The van der Waals surface area contributed by atoms with E-state index in [0.717, 1.165) is 19.6 Å². The zero-order chi connectivity index (χ0) is 9.84. The number of piperazine rings is 1. The van der Waals surface area contributed by atoms with Crippen LogP contribution >= 0.6 is 0 Å². The Morgan fingerprint density at radius 2 is 2.31 bits per heavy atom. The van der Waals surface area contributed by atoms with Crippen LogP contribution in [0.25, 0.3) is 0 Å². The largest absolute Gasteiger partial charge is 0.311 e. The summed E-state index contributed by atoms with van der Waals surface area (Å²) >= 11 is 0. The first-order valence-electron chi connectivity index (χ1n) is 5.06. The van der Waals surface area contributed by atoms with Crippen LogP contribution < -0.4 is 5.32 Å². The highest BCUT2D eigenvalue weighted by atomic mass is 16.1. The van der Waals surface area contributed by atoms with Crippen molar-refractivity contribution < 1.29 is 4.79 Å². The van der Waals surface area contributed by atoms with E-state index in [9.17, 15) is 4.79 Å². The number of rotatable bonds is 3. The summed E-state index contributed by atoms with van der Waals surface area (Å²) in [6.45, 7) is 9.20. The molecule has 1 saturated heterocycles. The lowest BCUT2D eigenvalue weighted by atomic mass is 10.1. The van der Waals surface area contributed by atoms with Crippen molar-refractivity contribution in [2.45, 2.75) is 39.3 Å². The normalized spacial score (nSPS) is 25.1. The van der Waals surface area contributed by atoms with Crippen molar-refractivity contribution in [2.24, 2.45) is 0 Å². The fourth-order valence-corrected chi connectivity index (χ4v) is 1.80. The van der Waals surface area contributed by atoms with Gasteiger partial charge >= 0.3 is 0 Å². The lowest BCUT2D eigenvalue weighted by molar-refractivity contribution is -0.117. The van der Waals surface area contributed by atoms with Gasteiger partial charge in [-0.2, -0.15) is 0 Å². The highest BCUT2D eigenvalue weighted by molar-refractivity contribution is 5.76. The van der Waals surface area contributed by atoms with Gasteiger partial charge in [-0.1, -0.05) is 0 Å². The summed E-state index contributed by atoms with van der Waals surface area (Å²) in [5.41, 5.74) is 0. The number of hydrogen-bond acceptors (Lipinski definition) is 3. The molecule has 0 spiro atoms. The van der Waals surface area contributed by atoms with Crippen LogP contribution in [0.3, 0.4) is 0 Å². The molecule has 3 heteroatoms. The second-order valence-corrected chi connectivity index (χ2v) is 4.15. The maximum absolute atomic E-state index is 10.9. The molecule has 1 atom stereocenters. The van der Waals surface area contributed by atoms with Crippen molar-refractivity contribution in [2.75, 3.05) is 19.6 Å². The van der Waals surface area contributed by atoms with Crippen LogP contribution in [0.5, 0.6) is 0 Å². The summed E-state index contributed by atoms with van der Waals surface area (Å²) in [5, 5.41) is 3.37. The molecule has 76 valence electrons. The Hall–Kier alpha value is -0.410. The molecular formula is C10H20N2O. The maximum Gasteiger partial charge on any atom is 0.131 e. The maximum atomic E-state index is 10.9. The van der Waals surface area contributed by atoms with Gasteiger partial charge in [-0.3, -0.25) is 9.69 Å². The van der Waals surface area contributed by atoms with E-state index in [1.165, 1.54) is 0 Å². The lowest BCUT2D eigenvalue weighted by Gasteiger charge is -2.35. The molecule has 1 heterocycles. The van der Waals surface area contributed by atoms with Gasteiger partial charge in [0.25, 0.3) is 0 Å².